The van der Waals surface area contributed by atoms with Crippen molar-refractivity contribution < 1.29 is 30.4 Å². The van der Waals surface area contributed by atoms with Crippen LogP contribution in [0.4, 0.5) is 0 Å². The van der Waals surface area contributed by atoms with Crippen molar-refractivity contribution in [2.45, 2.75) is 30.7 Å². The van der Waals surface area contributed by atoms with E-state index in [0.717, 1.165) is 0 Å². The number of aliphatic hydroxyl groups is 3. The van der Waals surface area contributed by atoms with Gasteiger partial charge in [0.05, 0.1) is 11.8 Å². The molecule has 0 aliphatic heterocycles. The molecule has 0 spiro atoms. The van der Waals surface area contributed by atoms with Gasteiger partial charge >= 0.3 is 5.97 Å². The molecule has 1 aliphatic rings. The van der Waals surface area contributed by atoms with Crippen molar-refractivity contribution in [1.29, 1.82) is 0 Å². The average molecular weight is 205 g/mol. The number of carboxylic acids is 1. The van der Waals surface area contributed by atoms with Gasteiger partial charge in [-0.1, -0.05) is 5.16 Å². The third-order valence-electron chi connectivity index (χ3n) is 2.25. The van der Waals surface area contributed by atoms with Gasteiger partial charge in [0.2, 0.25) is 0 Å². The van der Waals surface area contributed by atoms with E-state index in [1.54, 1.807) is 0 Å². The summed E-state index contributed by atoms with van der Waals surface area (Å²) in [6, 6.07) is 0. The number of oxime groups is 1. The van der Waals surface area contributed by atoms with Gasteiger partial charge in [-0.3, -0.25) is 0 Å². The van der Waals surface area contributed by atoms with Crippen molar-refractivity contribution in [2.75, 3.05) is 0 Å². The molecule has 0 heterocycles. The molecule has 5 N–H and O–H groups in total. The van der Waals surface area contributed by atoms with E-state index in [-0.39, 0.29) is 5.71 Å². The lowest BCUT2D eigenvalue weighted by Gasteiger charge is -2.34. The fourth-order valence-corrected chi connectivity index (χ4v) is 1.41. The first-order chi connectivity index (χ1) is 6.40. The Balaban J connectivity index is 2.93. The van der Waals surface area contributed by atoms with Crippen molar-refractivity contribution in [1.82, 2.24) is 0 Å². The number of hydrogen-bond acceptors (Lipinski definition) is 6. The summed E-state index contributed by atoms with van der Waals surface area (Å²) in [6.07, 6.45) is -3.88. The number of carboxylic acid groups (broad SMARTS) is 1. The van der Waals surface area contributed by atoms with Crippen LogP contribution in [0.1, 0.15) is 12.8 Å². The third kappa shape index (κ3) is 1.69. The summed E-state index contributed by atoms with van der Waals surface area (Å²) in [5, 5.41) is 47.6. The largest absolute Gasteiger partial charge is 0.479 e. The number of hydrogen-bond donors (Lipinski definition) is 5. The fraction of sp³-hybridized carbons (Fsp3) is 0.714. The molecule has 7 nitrogen and oxygen atoms in total. The summed E-state index contributed by atoms with van der Waals surface area (Å²) in [6.45, 7) is 0. The highest BCUT2D eigenvalue weighted by molar-refractivity contribution is 5.95. The Kier molecular flexibility index (Phi) is 2.74. The van der Waals surface area contributed by atoms with Crippen molar-refractivity contribution in [3.63, 3.8) is 0 Å². The molecule has 3 atom stereocenters. The zero-order valence-electron chi connectivity index (χ0n) is 7.16. The first-order valence-electron chi connectivity index (χ1n) is 3.93. The van der Waals surface area contributed by atoms with Crippen LogP contribution in [-0.4, -0.2) is 55.1 Å². The maximum atomic E-state index is 10.6. The standard InChI is InChI=1S/C7H11NO6/c9-4-2-7(13,6(11)12)1-3(8-14)5(4)10/h4-5,9-10,13-14H,1-2H2,(H,11,12)/t4-,5-,7+/m1/s1. The topological polar surface area (TPSA) is 131 Å². The Labute approximate surface area is 78.9 Å². The summed E-state index contributed by atoms with van der Waals surface area (Å²) in [4.78, 5) is 10.6. The van der Waals surface area contributed by atoms with Crippen LogP contribution in [0.25, 0.3) is 0 Å². The van der Waals surface area contributed by atoms with Crippen LogP contribution in [0.2, 0.25) is 0 Å². The van der Waals surface area contributed by atoms with Gasteiger partial charge in [0.1, 0.15) is 6.10 Å². The maximum absolute atomic E-state index is 10.6. The number of aliphatic carboxylic acids is 1. The van der Waals surface area contributed by atoms with Gasteiger partial charge < -0.3 is 25.6 Å². The van der Waals surface area contributed by atoms with Crippen molar-refractivity contribution in [2.24, 2.45) is 5.16 Å². The number of rotatable bonds is 1. The molecule has 0 aromatic carbocycles. The number of aliphatic hydroxyl groups excluding tert-OH is 2. The molecule has 0 amide bonds. The number of nitrogens with zero attached hydrogens (tertiary/aromatic N) is 1. The smallest absolute Gasteiger partial charge is 0.336 e. The van der Waals surface area contributed by atoms with E-state index < -0.39 is 36.6 Å². The zero-order chi connectivity index (χ0) is 10.9. The monoisotopic (exact) mass is 205 g/mol. The van der Waals surface area contributed by atoms with E-state index >= 15 is 0 Å². The summed E-state index contributed by atoms with van der Waals surface area (Å²) in [5.74, 6) is -1.52. The Hall–Kier alpha value is -1.18. The predicted molar refractivity (Wildman–Crippen MR) is 43.1 cm³/mol. The molecule has 1 saturated carbocycles. The molecule has 1 rings (SSSR count). The van der Waals surface area contributed by atoms with E-state index in [2.05, 4.69) is 5.16 Å². The average Bonchev–Trinajstić information content (AvgIpc) is 2.11. The summed E-state index contributed by atoms with van der Waals surface area (Å²) >= 11 is 0. The van der Waals surface area contributed by atoms with Crippen LogP contribution >= 0.6 is 0 Å². The summed E-state index contributed by atoms with van der Waals surface area (Å²) < 4.78 is 0. The molecule has 0 saturated heterocycles. The first-order valence-corrected chi connectivity index (χ1v) is 3.93. The van der Waals surface area contributed by atoms with E-state index in [0.29, 0.717) is 0 Å². The van der Waals surface area contributed by atoms with Crippen LogP contribution in [0.5, 0.6) is 0 Å². The fourth-order valence-electron chi connectivity index (χ4n) is 1.41. The van der Waals surface area contributed by atoms with Crippen LogP contribution < -0.4 is 0 Å². The minimum absolute atomic E-state index is 0.339. The van der Waals surface area contributed by atoms with Crippen molar-refractivity contribution in [3.8, 4) is 0 Å². The van der Waals surface area contributed by atoms with Gasteiger partial charge in [-0.25, -0.2) is 4.79 Å². The van der Waals surface area contributed by atoms with E-state index in [9.17, 15) is 20.1 Å². The highest BCUT2D eigenvalue weighted by Crippen LogP contribution is 2.27. The molecular formula is C7H11NO6. The SMILES string of the molecule is O=C(O)[C@]1(O)CC(=NO)[C@@H](O)[C@H](O)C1. The highest BCUT2D eigenvalue weighted by atomic mass is 16.4. The molecule has 80 valence electrons. The van der Waals surface area contributed by atoms with Crippen LogP contribution in [0, 0.1) is 0 Å². The van der Waals surface area contributed by atoms with Gasteiger partial charge in [-0.2, -0.15) is 0 Å². The lowest BCUT2D eigenvalue weighted by molar-refractivity contribution is -0.164. The quantitative estimate of drug-likeness (QED) is 0.252. The summed E-state index contributed by atoms with van der Waals surface area (Å²) in [5.41, 5.74) is -2.52. The Morgan fingerprint density at radius 3 is 2.50 bits per heavy atom. The molecule has 0 bridgehead atoms. The second-order valence-corrected chi connectivity index (χ2v) is 3.32. The van der Waals surface area contributed by atoms with E-state index in [1.165, 1.54) is 0 Å². The second kappa shape index (κ2) is 3.52. The Morgan fingerprint density at radius 2 is 2.07 bits per heavy atom. The first kappa shape index (κ1) is 10.9. The van der Waals surface area contributed by atoms with Gasteiger partial charge in [0, 0.05) is 12.8 Å². The van der Waals surface area contributed by atoms with Crippen molar-refractivity contribution in [3.05, 3.63) is 0 Å². The van der Waals surface area contributed by atoms with Gasteiger partial charge in [-0.05, 0) is 0 Å². The van der Waals surface area contributed by atoms with E-state index in [4.69, 9.17) is 10.3 Å². The molecule has 7 heteroatoms. The minimum atomic E-state index is -2.18. The second-order valence-electron chi connectivity index (χ2n) is 3.32. The molecule has 1 fully saturated rings. The van der Waals surface area contributed by atoms with Crippen LogP contribution in [0.15, 0.2) is 5.16 Å². The van der Waals surface area contributed by atoms with Gasteiger partial charge in [0.25, 0.3) is 0 Å². The van der Waals surface area contributed by atoms with Crippen LogP contribution in [-0.2, 0) is 4.79 Å². The molecule has 14 heavy (non-hydrogen) atoms. The van der Waals surface area contributed by atoms with Crippen LogP contribution in [0.3, 0.4) is 0 Å². The minimum Gasteiger partial charge on any atom is -0.479 e. The lowest BCUT2D eigenvalue weighted by Crippen LogP contribution is -2.54. The van der Waals surface area contributed by atoms with E-state index in [1.807, 2.05) is 0 Å². The Bertz CT molecular complexity index is 277. The molecule has 1 aliphatic carbocycles. The van der Waals surface area contributed by atoms with Gasteiger partial charge in [-0.15, -0.1) is 0 Å². The van der Waals surface area contributed by atoms with Gasteiger partial charge in [0.15, 0.2) is 5.60 Å². The molecule has 0 unspecified atom stereocenters. The summed E-state index contributed by atoms with van der Waals surface area (Å²) in [7, 11) is 0. The molecule has 0 aromatic rings. The molecular weight excluding hydrogens is 194 g/mol. The highest BCUT2D eigenvalue weighted by Gasteiger charge is 2.47. The maximum Gasteiger partial charge on any atom is 0.336 e. The molecule has 0 aromatic heterocycles. The normalized spacial score (nSPS) is 41.2. The third-order valence-corrected chi connectivity index (χ3v) is 2.25. The number of carbonyl (C=O) groups is 1. The van der Waals surface area contributed by atoms with Crippen molar-refractivity contribution >= 4 is 11.7 Å². The Morgan fingerprint density at radius 1 is 1.50 bits per heavy atom. The zero-order valence-corrected chi connectivity index (χ0v) is 7.16. The lowest BCUT2D eigenvalue weighted by atomic mass is 9.80. The molecule has 0 radical (unpaired) electrons. The predicted octanol–water partition coefficient (Wildman–Crippen LogP) is -1.85.